The highest BCUT2D eigenvalue weighted by Crippen LogP contribution is 2.35. The minimum absolute atomic E-state index is 0.354. The maximum absolute atomic E-state index is 11.0. The van der Waals surface area contributed by atoms with Crippen LogP contribution in [0.5, 0.6) is 5.75 Å². The number of carbonyl (C=O) groups excluding carboxylic acids is 1. The maximum Gasteiger partial charge on any atom is 0.308 e. The second-order valence-electron chi connectivity index (χ2n) is 5.25. The number of hydrogen-bond acceptors (Lipinski definition) is 5. The zero-order valence-electron chi connectivity index (χ0n) is 12.1. The van der Waals surface area contributed by atoms with Gasteiger partial charge in [-0.1, -0.05) is 18.2 Å². The van der Waals surface area contributed by atoms with Crippen LogP contribution in [0.2, 0.25) is 0 Å². The van der Waals surface area contributed by atoms with E-state index >= 15 is 0 Å². The van der Waals surface area contributed by atoms with Gasteiger partial charge in [0.15, 0.2) is 5.58 Å². The molecule has 0 spiro atoms. The number of para-hydroxylation sites is 1. The minimum atomic E-state index is -0.354. The Hall–Kier alpha value is -2.82. The van der Waals surface area contributed by atoms with E-state index in [1.165, 1.54) is 12.5 Å². The molecule has 4 rings (SSSR count). The Bertz CT molecular complexity index is 869. The van der Waals surface area contributed by atoms with E-state index in [1.807, 2.05) is 12.1 Å². The standard InChI is InChI=1S/C17H14N2O3/c1-11(20)21-13-6-7-14-16(10-13)22-17(18-14)19-9-8-12-4-2-3-5-15(12)19/h2-7,10H,8-9H2,1H3. The molecule has 1 aromatic heterocycles. The van der Waals surface area contributed by atoms with E-state index in [1.54, 1.807) is 18.2 Å². The predicted octanol–water partition coefficient (Wildman–Crippen LogP) is 3.45. The van der Waals surface area contributed by atoms with Crippen LogP contribution in [0, 0.1) is 0 Å². The van der Waals surface area contributed by atoms with Crippen LogP contribution in [-0.4, -0.2) is 17.5 Å². The van der Waals surface area contributed by atoms with E-state index in [0.717, 1.165) is 24.2 Å². The summed E-state index contributed by atoms with van der Waals surface area (Å²) in [5.74, 6) is 0.108. The summed E-state index contributed by atoms with van der Waals surface area (Å²) < 4.78 is 10.9. The Morgan fingerprint density at radius 2 is 2.14 bits per heavy atom. The number of fused-ring (bicyclic) bond motifs is 2. The Kier molecular flexibility index (Phi) is 2.85. The summed E-state index contributed by atoms with van der Waals surface area (Å²) in [5.41, 5.74) is 3.79. The molecule has 0 unspecified atom stereocenters. The van der Waals surface area contributed by atoms with Gasteiger partial charge in [-0.2, -0.15) is 4.98 Å². The number of esters is 1. The van der Waals surface area contributed by atoms with E-state index in [9.17, 15) is 4.79 Å². The van der Waals surface area contributed by atoms with E-state index in [-0.39, 0.29) is 5.97 Å². The van der Waals surface area contributed by atoms with Crippen molar-refractivity contribution < 1.29 is 13.9 Å². The normalized spacial score (nSPS) is 13.4. The van der Waals surface area contributed by atoms with Crippen molar-refractivity contribution in [3.8, 4) is 5.75 Å². The fourth-order valence-corrected chi connectivity index (χ4v) is 2.77. The molecule has 0 amide bonds. The third-order valence-corrected chi connectivity index (χ3v) is 3.73. The Balaban J connectivity index is 1.73. The lowest BCUT2D eigenvalue weighted by molar-refractivity contribution is -0.131. The number of benzene rings is 2. The van der Waals surface area contributed by atoms with Gasteiger partial charge in [0.05, 0.1) is 0 Å². The van der Waals surface area contributed by atoms with Crippen LogP contribution in [0.3, 0.4) is 0 Å². The van der Waals surface area contributed by atoms with Gasteiger partial charge < -0.3 is 9.15 Å². The molecule has 0 saturated carbocycles. The molecular formula is C17H14N2O3. The molecule has 22 heavy (non-hydrogen) atoms. The lowest BCUT2D eigenvalue weighted by Gasteiger charge is -2.13. The largest absolute Gasteiger partial charge is 0.427 e. The fraction of sp³-hybridized carbons (Fsp3) is 0.176. The average Bonchev–Trinajstić information content (AvgIpc) is 3.09. The van der Waals surface area contributed by atoms with Crippen LogP contribution in [0.4, 0.5) is 11.7 Å². The molecule has 0 radical (unpaired) electrons. The van der Waals surface area contributed by atoms with Crippen molar-refractivity contribution in [3.63, 3.8) is 0 Å². The van der Waals surface area contributed by atoms with Gasteiger partial charge in [-0.05, 0) is 30.2 Å². The van der Waals surface area contributed by atoms with Gasteiger partial charge >= 0.3 is 12.0 Å². The first-order chi connectivity index (χ1) is 10.7. The number of rotatable bonds is 2. The van der Waals surface area contributed by atoms with Crippen LogP contribution < -0.4 is 9.64 Å². The van der Waals surface area contributed by atoms with Crippen LogP contribution >= 0.6 is 0 Å². The molecule has 0 atom stereocenters. The minimum Gasteiger partial charge on any atom is -0.427 e. The predicted molar refractivity (Wildman–Crippen MR) is 82.5 cm³/mol. The number of ether oxygens (including phenoxy) is 1. The molecule has 0 N–H and O–H groups in total. The van der Waals surface area contributed by atoms with Crippen LogP contribution in [0.1, 0.15) is 12.5 Å². The van der Waals surface area contributed by atoms with Crippen molar-refractivity contribution in [2.24, 2.45) is 0 Å². The second kappa shape index (κ2) is 4.87. The zero-order chi connectivity index (χ0) is 15.1. The molecular weight excluding hydrogens is 280 g/mol. The van der Waals surface area contributed by atoms with Gasteiger partial charge in [0.2, 0.25) is 0 Å². The lowest BCUT2D eigenvalue weighted by Crippen LogP contribution is -2.13. The van der Waals surface area contributed by atoms with Crippen LogP contribution in [0.25, 0.3) is 11.1 Å². The highest BCUT2D eigenvalue weighted by atomic mass is 16.5. The van der Waals surface area contributed by atoms with E-state index in [4.69, 9.17) is 9.15 Å². The topological polar surface area (TPSA) is 55.6 Å². The monoisotopic (exact) mass is 294 g/mol. The van der Waals surface area contributed by atoms with Gasteiger partial charge in [-0.15, -0.1) is 0 Å². The van der Waals surface area contributed by atoms with Crippen molar-refractivity contribution in [3.05, 3.63) is 48.0 Å². The SMILES string of the molecule is CC(=O)Oc1ccc2nc(N3CCc4ccccc43)oc2c1. The lowest BCUT2D eigenvalue weighted by atomic mass is 10.2. The van der Waals surface area contributed by atoms with E-state index < -0.39 is 0 Å². The summed E-state index contributed by atoms with van der Waals surface area (Å²) in [6.45, 7) is 2.22. The molecule has 0 aliphatic carbocycles. The molecule has 0 fully saturated rings. The third-order valence-electron chi connectivity index (χ3n) is 3.73. The van der Waals surface area contributed by atoms with E-state index in [0.29, 0.717) is 17.3 Å². The summed E-state index contributed by atoms with van der Waals surface area (Å²) in [6, 6.07) is 14.0. The number of hydrogen-bond donors (Lipinski definition) is 0. The molecule has 5 nitrogen and oxygen atoms in total. The summed E-state index contributed by atoms with van der Waals surface area (Å²) in [7, 11) is 0. The highest BCUT2D eigenvalue weighted by Gasteiger charge is 2.24. The summed E-state index contributed by atoms with van der Waals surface area (Å²) in [6.07, 6.45) is 0.980. The number of nitrogens with zero attached hydrogens (tertiary/aromatic N) is 2. The summed E-state index contributed by atoms with van der Waals surface area (Å²) in [4.78, 5) is 17.6. The summed E-state index contributed by atoms with van der Waals surface area (Å²) >= 11 is 0. The number of aromatic nitrogens is 1. The van der Waals surface area contributed by atoms with Crippen molar-refractivity contribution in [2.45, 2.75) is 13.3 Å². The molecule has 2 heterocycles. The molecule has 110 valence electrons. The van der Waals surface area contributed by atoms with Crippen LogP contribution in [0.15, 0.2) is 46.9 Å². The Morgan fingerprint density at radius 3 is 3.00 bits per heavy atom. The molecule has 0 bridgehead atoms. The molecule has 5 heteroatoms. The average molecular weight is 294 g/mol. The molecule has 1 aliphatic rings. The Morgan fingerprint density at radius 1 is 1.27 bits per heavy atom. The first-order valence-electron chi connectivity index (χ1n) is 7.15. The summed E-state index contributed by atoms with van der Waals surface area (Å²) in [5, 5.41) is 0. The van der Waals surface area contributed by atoms with Gasteiger partial charge in [0.25, 0.3) is 0 Å². The van der Waals surface area contributed by atoms with Gasteiger partial charge in [-0.3, -0.25) is 9.69 Å². The van der Waals surface area contributed by atoms with Crippen molar-refractivity contribution in [1.29, 1.82) is 0 Å². The molecule has 1 aliphatic heterocycles. The number of anilines is 2. The van der Waals surface area contributed by atoms with Gasteiger partial charge in [0, 0.05) is 25.2 Å². The van der Waals surface area contributed by atoms with Crippen LogP contribution in [-0.2, 0) is 11.2 Å². The Labute approximate surface area is 127 Å². The number of carbonyl (C=O) groups is 1. The smallest absolute Gasteiger partial charge is 0.308 e. The zero-order valence-corrected chi connectivity index (χ0v) is 12.1. The first-order valence-corrected chi connectivity index (χ1v) is 7.15. The number of oxazole rings is 1. The van der Waals surface area contributed by atoms with Crippen molar-refractivity contribution in [1.82, 2.24) is 4.98 Å². The quantitative estimate of drug-likeness (QED) is 0.535. The highest BCUT2D eigenvalue weighted by molar-refractivity contribution is 5.79. The van der Waals surface area contributed by atoms with Gasteiger partial charge in [0.1, 0.15) is 11.3 Å². The third kappa shape index (κ3) is 2.11. The first kappa shape index (κ1) is 12.9. The maximum atomic E-state index is 11.0. The van der Waals surface area contributed by atoms with E-state index in [2.05, 4.69) is 22.0 Å². The molecule has 2 aromatic carbocycles. The fourth-order valence-electron chi connectivity index (χ4n) is 2.77. The van der Waals surface area contributed by atoms with Crippen molar-refractivity contribution >= 4 is 28.8 Å². The molecule has 0 saturated heterocycles. The van der Waals surface area contributed by atoms with Crippen molar-refractivity contribution in [2.75, 3.05) is 11.4 Å². The van der Waals surface area contributed by atoms with Gasteiger partial charge in [-0.25, -0.2) is 0 Å². The molecule has 3 aromatic rings. The second-order valence-corrected chi connectivity index (χ2v) is 5.25.